The number of fused-ring (bicyclic) bond motifs is 1. The maximum atomic E-state index is 13.1. The minimum atomic E-state index is -1.14. The predicted octanol–water partition coefficient (Wildman–Crippen LogP) is 4.67. The summed E-state index contributed by atoms with van der Waals surface area (Å²) in [5, 5.41) is 44.1. The zero-order valence-corrected chi connectivity index (χ0v) is 29.6. The molecule has 0 radical (unpaired) electrons. The van der Waals surface area contributed by atoms with Crippen LogP contribution in [0.25, 0.3) is 10.9 Å². The lowest BCUT2D eigenvalue weighted by Gasteiger charge is -2.19. The molecule has 4 aromatic carbocycles. The number of nitrogens with zero attached hydrogens (tertiary/aromatic N) is 2. The molecule has 0 aliphatic rings. The van der Waals surface area contributed by atoms with Crippen LogP contribution in [0.4, 0.5) is 4.79 Å². The van der Waals surface area contributed by atoms with Gasteiger partial charge in [0.25, 0.3) is 5.91 Å². The molecule has 14 heteroatoms. The van der Waals surface area contributed by atoms with Crippen LogP contribution in [0.3, 0.4) is 0 Å². The summed E-state index contributed by atoms with van der Waals surface area (Å²) in [5.74, 6) is 0.690. The van der Waals surface area contributed by atoms with Gasteiger partial charge in [0.15, 0.2) is 5.69 Å². The molecule has 6 rings (SSSR count). The fourth-order valence-electron chi connectivity index (χ4n) is 6.14. The average Bonchev–Trinajstić information content (AvgIpc) is 3.56. The van der Waals surface area contributed by atoms with E-state index in [1.165, 1.54) is 12.1 Å². The van der Waals surface area contributed by atoms with Crippen molar-refractivity contribution in [2.75, 3.05) is 13.7 Å². The molecule has 54 heavy (non-hydrogen) atoms. The van der Waals surface area contributed by atoms with Gasteiger partial charge in [-0.2, -0.15) is 5.10 Å². The number of benzene rings is 4. The lowest BCUT2D eigenvalue weighted by molar-refractivity contribution is 0.0945. The Morgan fingerprint density at radius 1 is 0.926 bits per heavy atom. The van der Waals surface area contributed by atoms with Crippen LogP contribution in [0.1, 0.15) is 56.1 Å². The quantitative estimate of drug-likeness (QED) is 0.0779. The Bertz CT molecular complexity index is 2320. The molecule has 0 fully saturated rings. The van der Waals surface area contributed by atoms with Gasteiger partial charge in [-0.3, -0.25) is 14.3 Å². The van der Waals surface area contributed by atoms with E-state index in [-0.39, 0.29) is 48.1 Å². The molecule has 2 unspecified atom stereocenters. The Kier molecular flexibility index (Phi) is 11.5. The van der Waals surface area contributed by atoms with Gasteiger partial charge in [0.05, 0.1) is 30.5 Å². The van der Waals surface area contributed by atoms with Crippen molar-refractivity contribution < 1.29 is 34.4 Å². The van der Waals surface area contributed by atoms with Gasteiger partial charge in [0.2, 0.25) is 5.56 Å². The second-order valence-corrected chi connectivity index (χ2v) is 12.6. The van der Waals surface area contributed by atoms with Crippen molar-refractivity contribution in [3.63, 3.8) is 0 Å². The molecular formula is C40H40N6O8. The molecule has 2 atom stereocenters. The SMILES string of the molecule is COc1cc(CNC(=O)c2cc(COc3cccc(C(NC(=O)O)c4ccccc4)c3)n(C)n2)ccc1CNCC(O)c1ccc(O)c2[nH]c(=O)ccc12. The molecule has 6 aromatic rings. The summed E-state index contributed by atoms with van der Waals surface area (Å²) in [6, 6.07) is 29.1. The molecule has 0 aliphatic carbocycles. The number of phenolic OH excluding ortho intramolecular Hbond substituents is 1. The third kappa shape index (κ3) is 8.86. The summed E-state index contributed by atoms with van der Waals surface area (Å²) in [5.41, 5.74) is 4.51. The van der Waals surface area contributed by atoms with Crippen LogP contribution < -0.4 is 31.0 Å². The third-order valence-electron chi connectivity index (χ3n) is 8.91. The van der Waals surface area contributed by atoms with Gasteiger partial charge in [-0.05, 0) is 58.7 Å². The van der Waals surface area contributed by atoms with Crippen LogP contribution in [0.2, 0.25) is 0 Å². The summed E-state index contributed by atoms with van der Waals surface area (Å²) in [4.78, 5) is 38.9. The molecule has 0 aliphatic heterocycles. The summed E-state index contributed by atoms with van der Waals surface area (Å²) in [7, 11) is 3.28. The number of H-pyrrole nitrogens is 1. The number of hydrogen-bond donors (Lipinski definition) is 7. The number of ether oxygens (including phenoxy) is 2. The number of carboxylic acid groups (broad SMARTS) is 1. The van der Waals surface area contributed by atoms with E-state index in [4.69, 9.17) is 9.47 Å². The Labute approximate surface area is 310 Å². The molecule has 278 valence electrons. The molecule has 2 amide bonds. The maximum absolute atomic E-state index is 13.1. The maximum Gasteiger partial charge on any atom is 0.405 e. The van der Waals surface area contributed by atoms with Crippen LogP contribution in [0, 0.1) is 0 Å². The fourth-order valence-corrected chi connectivity index (χ4v) is 6.14. The first-order valence-corrected chi connectivity index (χ1v) is 17.1. The van der Waals surface area contributed by atoms with Crippen molar-refractivity contribution in [2.24, 2.45) is 7.05 Å². The molecule has 7 N–H and O–H groups in total. The van der Waals surface area contributed by atoms with E-state index in [0.29, 0.717) is 40.3 Å². The topological polar surface area (TPSA) is 200 Å². The van der Waals surface area contributed by atoms with E-state index in [1.807, 2.05) is 54.6 Å². The smallest absolute Gasteiger partial charge is 0.405 e. The van der Waals surface area contributed by atoms with Crippen molar-refractivity contribution in [2.45, 2.75) is 31.8 Å². The van der Waals surface area contributed by atoms with Gasteiger partial charge in [0, 0.05) is 43.7 Å². The zero-order valence-electron chi connectivity index (χ0n) is 29.6. The van der Waals surface area contributed by atoms with Crippen molar-refractivity contribution in [3.8, 4) is 17.2 Å². The number of methoxy groups -OCH3 is 1. The van der Waals surface area contributed by atoms with E-state index >= 15 is 0 Å². The summed E-state index contributed by atoms with van der Waals surface area (Å²) in [6.45, 7) is 0.927. The van der Waals surface area contributed by atoms with Crippen LogP contribution in [-0.2, 0) is 26.7 Å². The Morgan fingerprint density at radius 3 is 2.50 bits per heavy atom. The van der Waals surface area contributed by atoms with Gasteiger partial charge in [0.1, 0.15) is 23.9 Å². The predicted molar refractivity (Wildman–Crippen MR) is 200 cm³/mol. The Balaban J connectivity index is 1.02. The number of pyridine rings is 1. The van der Waals surface area contributed by atoms with E-state index in [2.05, 4.69) is 26.0 Å². The lowest BCUT2D eigenvalue weighted by Crippen LogP contribution is -2.27. The molecule has 2 heterocycles. The van der Waals surface area contributed by atoms with Crippen molar-refractivity contribution >= 4 is 22.9 Å². The van der Waals surface area contributed by atoms with E-state index in [9.17, 15) is 29.7 Å². The van der Waals surface area contributed by atoms with Crippen LogP contribution in [0.5, 0.6) is 17.2 Å². The van der Waals surface area contributed by atoms with Gasteiger partial charge in [-0.25, -0.2) is 4.79 Å². The average molecular weight is 733 g/mol. The molecule has 0 saturated carbocycles. The summed E-state index contributed by atoms with van der Waals surface area (Å²) >= 11 is 0. The van der Waals surface area contributed by atoms with Crippen molar-refractivity contribution in [1.29, 1.82) is 0 Å². The van der Waals surface area contributed by atoms with E-state index in [0.717, 1.165) is 16.7 Å². The minimum absolute atomic E-state index is 0.0751. The number of hydrogen-bond acceptors (Lipinski definition) is 9. The highest BCUT2D eigenvalue weighted by Gasteiger charge is 2.19. The monoisotopic (exact) mass is 732 g/mol. The molecular weight excluding hydrogens is 692 g/mol. The standard InChI is InChI=1S/C40H40N6O8/c1-46-28(23-54-29-10-6-9-26(18-29)37(44-40(51)52)25-7-4-3-5-8-25)19-32(45-46)39(50)42-20-24-11-12-27(35(17-24)53-2)21-41-22-34(48)30-13-15-33(47)38-31(30)14-16-36(49)43-38/h3-19,34,37,41,44,47-48H,20-23H2,1-2H3,(H,42,50)(H,43,49)(H,51,52). The highest BCUT2D eigenvalue weighted by molar-refractivity contribution is 5.92. The second-order valence-electron chi connectivity index (χ2n) is 12.6. The number of phenols is 1. The van der Waals surface area contributed by atoms with Crippen molar-refractivity contribution in [3.05, 3.63) is 153 Å². The van der Waals surface area contributed by atoms with Crippen LogP contribution in [0.15, 0.2) is 108 Å². The van der Waals surface area contributed by atoms with Crippen LogP contribution >= 0.6 is 0 Å². The molecule has 2 aromatic heterocycles. The number of carbonyl (C=O) groups excluding carboxylic acids is 1. The number of carbonyl (C=O) groups is 2. The number of nitrogens with one attached hydrogen (secondary N) is 4. The van der Waals surface area contributed by atoms with Gasteiger partial charge < -0.3 is 45.7 Å². The molecule has 14 nitrogen and oxygen atoms in total. The molecule has 0 spiro atoms. The van der Waals surface area contributed by atoms with Gasteiger partial charge in [-0.15, -0.1) is 0 Å². The minimum Gasteiger partial charge on any atom is -0.506 e. The first-order chi connectivity index (χ1) is 26.1. The van der Waals surface area contributed by atoms with Gasteiger partial charge in [-0.1, -0.05) is 60.7 Å². The number of aliphatic hydroxyl groups excluding tert-OH is 1. The largest absolute Gasteiger partial charge is 0.506 e. The number of aliphatic hydroxyl groups is 1. The first-order valence-electron chi connectivity index (χ1n) is 17.1. The fraction of sp³-hybridized carbons (Fsp3) is 0.200. The summed E-state index contributed by atoms with van der Waals surface area (Å²) < 4.78 is 13.2. The second kappa shape index (κ2) is 16.8. The van der Waals surface area contributed by atoms with Crippen LogP contribution in [-0.4, -0.2) is 55.7 Å². The number of aromatic nitrogens is 3. The highest BCUT2D eigenvalue weighted by Crippen LogP contribution is 2.29. The Hall–Kier alpha value is -6.64. The molecule has 0 bridgehead atoms. The normalized spacial score (nSPS) is 12.2. The Morgan fingerprint density at radius 2 is 1.72 bits per heavy atom. The highest BCUT2D eigenvalue weighted by atomic mass is 16.5. The zero-order chi connectivity index (χ0) is 38.2. The first kappa shape index (κ1) is 37.1. The van der Waals surface area contributed by atoms with Gasteiger partial charge >= 0.3 is 6.09 Å². The number of aromatic hydroxyl groups is 1. The number of rotatable bonds is 15. The molecule has 0 saturated heterocycles. The van der Waals surface area contributed by atoms with Crippen molar-refractivity contribution in [1.82, 2.24) is 30.7 Å². The lowest BCUT2D eigenvalue weighted by atomic mass is 9.99. The number of amides is 2. The third-order valence-corrected chi connectivity index (χ3v) is 8.91. The summed E-state index contributed by atoms with van der Waals surface area (Å²) in [6.07, 6.45) is -2.05. The number of aryl methyl sites for hydroxylation is 1. The van der Waals surface area contributed by atoms with E-state index in [1.54, 1.807) is 55.2 Å². The van der Waals surface area contributed by atoms with E-state index < -0.39 is 18.2 Å². The number of aromatic amines is 1.